The zero-order chi connectivity index (χ0) is 19.2. The summed E-state index contributed by atoms with van der Waals surface area (Å²) >= 11 is 1.41. The third-order valence-electron chi connectivity index (χ3n) is 4.70. The lowest BCUT2D eigenvalue weighted by Crippen LogP contribution is -2.35. The number of hydrogen-bond donors (Lipinski definition) is 1. The van der Waals surface area contributed by atoms with Crippen LogP contribution in [0.15, 0.2) is 23.6 Å². The smallest absolute Gasteiger partial charge is 0.226 e. The van der Waals surface area contributed by atoms with Crippen molar-refractivity contribution in [1.82, 2.24) is 9.88 Å². The van der Waals surface area contributed by atoms with Crippen molar-refractivity contribution in [2.45, 2.75) is 33.2 Å². The van der Waals surface area contributed by atoms with E-state index in [1.165, 1.54) is 11.3 Å². The van der Waals surface area contributed by atoms with E-state index < -0.39 is 0 Å². The van der Waals surface area contributed by atoms with E-state index in [2.05, 4.69) is 15.2 Å². The van der Waals surface area contributed by atoms with Crippen molar-refractivity contribution >= 4 is 28.2 Å². The highest BCUT2D eigenvalue weighted by molar-refractivity contribution is 7.13. The molecule has 2 heterocycles. The molecule has 0 bridgehead atoms. The van der Waals surface area contributed by atoms with Gasteiger partial charge in [-0.25, -0.2) is 4.98 Å². The molecule has 1 aliphatic heterocycles. The van der Waals surface area contributed by atoms with Gasteiger partial charge in [-0.1, -0.05) is 12.1 Å². The van der Waals surface area contributed by atoms with Crippen LogP contribution in [0.25, 0.3) is 0 Å². The molecule has 0 atom stereocenters. The highest BCUT2D eigenvalue weighted by Gasteiger charge is 2.14. The van der Waals surface area contributed by atoms with E-state index in [0.29, 0.717) is 10.7 Å². The number of ketones is 1. The molecule has 0 aliphatic carbocycles. The zero-order valence-electron chi connectivity index (χ0n) is 15.8. The molecule has 7 heteroatoms. The first-order valence-electron chi connectivity index (χ1n) is 9.16. The SMILES string of the molecule is Cc1ccc(C(=O)CCC(=O)Nc2nc(CN3CCOCC3)cs2)cc1C. The van der Waals surface area contributed by atoms with Gasteiger partial charge >= 0.3 is 0 Å². The van der Waals surface area contributed by atoms with Crippen LogP contribution in [0.3, 0.4) is 0 Å². The number of aryl methyl sites for hydroxylation is 2. The van der Waals surface area contributed by atoms with E-state index in [9.17, 15) is 9.59 Å². The minimum absolute atomic E-state index is 0.0135. The second-order valence-corrected chi connectivity index (χ2v) is 7.66. The first-order valence-corrected chi connectivity index (χ1v) is 10.0. The molecule has 3 rings (SSSR count). The quantitative estimate of drug-likeness (QED) is 0.739. The van der Waals surface area contributed by atoms with Gasteiger partial charge in [-0.05, 0) is 31.0 Å². The van der Waals surface area contributed by atoms with Crippen LogP contribution in [-0.4, -0.2) is 47.9 Å². The Morgan fingerprint density at radius 1 is 1.19 bits per heavy atom. The minimum atomic E-state index is -0.181. The predicted molar refractivity (Wildman–Crippen MR) is 106 cm³/mol. The number of carbonyl (C=O) groups excluding carboxylic acids is 2. The van der Waals surface area contributed by atoms with Crippen LogP contribution in [0.4, 0.5) is 5.13 Å². The van der Waals surface area contributed by atoms with Crippen molar-refractivity contribution in [1.29, 1.82) is 0 Å². The molecule has 0 spiro atoms. The highest BCUT2D eigenvalue weighted by atomic mass is 32.1. The monoisotopic (exact) mass is 387 g/mol. The summed E-state index contributed by atoms with van der Waals surface area (Å²) in [5, 5.41) is 5.35. The number of benzene rings is 1. The normalized spacial score (nSPS) is 14.9. The predicted octanol–water partition coefficient (Wildman–Crippen LogP) is 3.19. The topological polar surface area (TPSA) is 71.5 Å². The fourth-order valence-electron chi connectivity index (χ4n) is 2.89. The fourth-order valence-corrected chi connectivity index (χ4v) is 3.61. The highest BCUT2D eigenvalue weighted by Crippen LogP contribution is 2.18. The molecule has 1 saturated heterocycles. The second kappa shape index (κ2) is 9.21. The number of hydrogen-bond acceptors (Lipinski definition) is 6. The van der Waals surface area contributed by atoms with Crippen LogP contribution in [0.1, 0.15) is 40.0 Å². The third-order valence-corrected chi connectivity index (χ3v) is 5.50. The van der Waals surface area contributed by atoms with Crippen LogP contribution in [-0.2, 0) is 16.1 Å². The molecular formula is C20H25N3O3S. The molecular weight excluding hydrogens is 362 g/mol. The van der Waals surface area contributed by atoms with Crippen LogP contribution in [0.5, 0.6) is 0 Å². The van der Waals surface area contributed by atoms with Gasteiger partial charge in [-0.2, -0.15) is 0 Å². The van der Waals surface area contributed by atoms with E-state index in [0.717, 1.165) is 49.7 Å². The molecule has 6 nitrogen and oxygen atoms in total. The maximum absolute atomic E-state index is 12.3. The molecule has 1 aromatic heterocycles. The summed E-state index contributed by atoms with van der Waals surface area (Å²) in [6.07, 6.45) is 0.352. The van der Waals surface area contributed by atoms with E-state index >= 15 is 0 Å². The Balaban J connectivity index is 1.46. The summed E-state index contributed by atoms with van der Waals surface area (Å²) in [5.41, 5.74) is 3.85. The van der Waals surface area contributed by atoms with Gasteiger partial charge in [0, 0.05) is 43.4 Å². The molecule has 1 N–H and O–H groups in total. The number of aromatic nitrogens is 1. The maximum Gasteiger partial charge on any atom is 0.226 e. The number of nitrogens with zero attached hydrogens (tertiary/aromatic N) is 2. The molecule has 1 aromatic carbocycles. The number of Topliss-reactive ketones (excluding diaryl/α,β-unsaturated/α-hetero) is 1. The van der Waals surface area contributed by atoms with Gasteiger partial charge in [0.1, 0.15) is 0 Å². The lowest BCUT2D eigenvalue weighted by atomic mass is 10.0. The number of morpholine rings is 1. The Morgan fingerprint density at radius 3 is 2.70 bits per heavy atom. The van der Waals surface area contributed by atoms with E-state index in [1.54, 1.807) is 0 Å². The number of thiazole rings is 1. The molecule has 144 valence electrons. The maximum atomic E-state index is 12.3. The summed E-state index contributed by atoms with van der Waals surface area (Å²) < 4.78 is 5.34. The molecule has 1 amide bonds. The zero-order valence-corrected chi connectivity index (χ0v) is 16.6. The minimum Gasteiger partial charge on any atom is -0.379 e. The van der Waals surface area contributed by atoms with Crippen LogP contribution < -0.4 is 5.32 Å². The number of ether oxygens (including phenoxy) is 1. The van der Waals surface area contributed by atoms with Gasteiger partial charge in [0.15, 0.2) is 10.9 Å². The lowest BCUT2D eigenvalue weighted by Gasteiger charge is -2.25. The lowest BCUT2D eigenvalue weighted by molar-refractivity contribution is -0.116. The second-order valence-electron chi connectivity index (χ2n) is 6.80. The standard InChI is InChI=1S/C20H25N3O3S/c1-14-3-4-16(11-15(14)2)18(24)5-6-19(25)22-20-21-17(13-27-20)12-23-7-9-26-10-8-23/h3-4,11,13H,5-10,12H2,1-2H3,(H,21,22,25). The summed E-state index contributed by atoms with van der Waals surface area (Å²) in [4.78, 5) is 31.2. The largest absolute Gasteiger partial charge is 0.379 e. The summed E-state index contributed by atoms with van der Waals surface area (Å²) in [7, 11) is 0. The summed E-state index contributed by atoms with van der Waals surface area (Å²) in [5.74, 6) is -0.195. The first kappa shape index (κ1) is 19.7. The van der Waals surface area contributed by atoms with Gasteiger partial charge in [0.05, 0.1) is 18.9 Å². The van der Waals surface area contributed by atoms with Crippen LogP contribution in [0, 0.1) is 13.8 Å². The molecule has 1 fully saturated rings. The van der Waals surface area contributed by atoms with Gasteiger partial charge in [0.2, 0.25) is 5.91 Å². The number of anilines is 1. The molecule has 0 saturated carbocycles. The van der Waals surface area contributed by atoms with Crippen molar-refractivity contribution in [3.8, 4) is 0 Å². The fraction of sp³-hybridized carbons (Fsp3) is 0.450. The van der Waals surface area contributed by atoms with Crippen molar-refractivity contribution < 1.29 is 14.3 Å². The molecule has 27 heavy (non-hydrogen) atoms. The third kappa shape index (κ3) is 5.69. The average Bonchev–Trinajstić information content (AvgIpc) is 3.09. The van der Waals surface area contributed by atoms with Crippen LogP contribution >= 0.6 is 11.3 Å². The van der Waals surface area contributed by atoms with Gasteiger partial charge in [-0.15, -0.1) is 11.3 Å². The number of amides is 1. The van der Waals surface area contributed by atoms with E-state index in [1.807, 2.05) is 37.4 Å². The Bertz CT molecular complexity index is 813. The molecule has 0 unspecified atom stereocenters. The molecule has 0 radical (unpaired) electrons. The Morgan fingerprint density at radius 2 is 1.96 bits per heavy atom. The van der Waals surface area contributed by atoms with Crippen molar-refractivity contribution in [2.75, 3.05) is 31.6 Å². The number of nitrogens with one attached hydrogen (secondary N) is 1. The molecule has 1 aliphatic rings. The summed E-state index contributed by atoms with van der Waals surface area (Å²) in [6.45, 7) is 8.07. The van der Waals surface area contributed by atoms with Crippen LogP contribution in [0.2, 0.25) is 0 Å². The Labute approximate surface area is 163 Å². The first-order chi connectivity index (χ1) is 13.0. The van der Waals surface area contributed by atoms with Crippen molar-refractivity contribution in [3.05, 3.63) is 46.0 Å². The van der Waals surface area contributed by atoms with E-state index in [-0.39, 0.29) is 24.5 Å². The van der Waals surface area contributed by atoms with Crippen molar-refractivity contribution in [3.63, 3.8) is 0 Å². The summed E-state index contributed by atoms with van der Waals surface area (Å²) in [6, 6.07) is 5.64. The number of carbonyl (C=O) groups is 2. The average molecular weight is 388 g/mol. The van der Waals surface area contributed by atoms with Gasteiger partial charge in [0.25, 0.3) is 0 Å². The van der Waals surface area contributed by atoms with Gasteiger partial charge < -0.3 is 10.1 Å². The number of rotatable bonds is 7. The van der Waals surface area contributed by atoms with Gasteiger partial charge in [-0.3, -0.25) is 14.5 Å². The Kier molecular flexibility index (Phi) is 6.71. The molecule has 2 aromatic rings. The van der Waals surface area contributed by atoms with Crippen molar-refractivity contribution in [2.24, 2.45) is 0 Å². The Hall–Kier alpha value is -2.09. The van der Waals surface area contributed by atoms with E-state index in [4.69, 9.17) is 4.74 Å².